The summed E-state index contributed by atoms with van der Waals surface area (Å²) in [6.45, 7) is 6.33. The van der Waals surface area contributed by atoms with Crippen molar-refractivity contribution in [2.45, 2.75) is 38.5 Å². The van der Waals surface area contributed by atoms with Crippen LogP contribution in [0.15, 0.2) is 0 Å². The van der Waals surface area contributed by atoms with Crippen molar-refractivity contribution in [1.29, 1.82) is 0 Å². The molecule has 0 aromatic carbocycles. The monoisotopic (exact) mass is 288 g/mol. The Bertz CT molecular complexity index is 357. The summed E-state index contributed by atoms with van der Waals surface area (Å²) < 4.78 is 9.89. The van der Waals surface area contributed by atoms with Crippen LogP contribution in [0.2, 0.25) is 0 Å². The van der Waals surface area contributed by atoms with Gasteiger partial charge in [-0.25, -0.2) is 4.79 Å². The molecule has 20 heavy (non-hydrogen) atoms. The summed E-state index contributed by atoms with van der Waals surface area (Å²) in [6.07, 6.45) is 0. The molecule has 2 N–H and O–H groups in total. The minimum atomic E-state index is -1.65. The van der Waals surface area contributed by atoms with Crippen molar-refractivity contribution < 1.29 is 24.2 Å². The van der Waals surface area contributed by atoms with Gasteiger partial charge in [0.05, 0.1) is 20.3 Å². The number of β-amino-alcohol motifs (C(OH)–C–C–N with tert-alkyl or cyclic N) is 1. The zero-order chi connectivity index (χ0) is 15.3. The number of morpholine rings is 1. The summed E-state index contributed by atoms with van der Waals surface area (Å²) in [7, 11) is 1.22. The largest absolute Gasteiger partial charge is 0.467 e. The highest BCUT2D eigenvalue weighted by molar-refractivity contribution is 5.83. The molecule has 116 valence electrons. The topological polar surface area (TPSA) is 88.1 Å². The van der Waals surface area contributed by atoms with Crippen LogP contribution in [0.5, 0.6) is 0 Å². The van der Waals surface area contributed by atoms with E-state index in [2.05, 4.69) is 10.1 Å². The molecule has 7 heteroatoms. The summed E-state index contributed by atoms with van der Waals surface area (Å²) >= 11 is 0. The maximum absolute atomic E-state index is 12.1. The minimum Gasteiger partial charge on any atom is -0.467 e. The van der Waals surface area contributed by atoms with Gasteiger partial charge in [-0.05, 0) is 20.8 Å². The fourth-order valence-corrected chi connectivity index (χ4v) is 2.13. The van der Waals surface area contributed by atoms with E-state index >= 15 is 0 Å². The van der Waals surface area contributed by atoms with Gasteiger partial charge in [-0.2, -0.15) is 0 Å². The first-order chi connectivity index (χ1) is 9.27. The standard InChI is InChI=1S/C13H24N2O5/c1-9(2)14-11(16)10-7-20-6-5-15(10)8-13(3,18)12(17)19-4/h9-10,18H,5-8H2,1-4H3,(H,14,16). The first-order valence-corrected chi connectivity index (χ1v) is 6.71. The first-order valence-electron chi connectivity index (χ1n) is 6.71. The quantitative estimate of drug-likeness (QED) is 0.640. The number of carbonyl (C=O) groups excluding carboxylic acids is 2. The molecule has 0 bridgehead atoms. The third-order valence-corrected chi connectivity index (χ3v) is 3.11. The zero-order valence-corrected chi connectivity index (χ0v) is 12.5. The molecule has 1 heterocycles. The second kappa shape index (κ2) is 7.01. The Labute approximate surface area is 119 Å². The predicted octanol–water partition coefficient (Wildman–Crippen LogP) is -0.864. The van der Waals surface area contributed by atoms with Crippen molar-refractivity contribution in [2.24, 2.45) is 0 Å². The molecule has 0 radical (unpaired) electrons. The zero-order valence-electron chi connectivity index (χ0n) is 12.5. The summed E-state index contributed by atoms with van der Waals surface area (Å²) in [5, 5.41) is 12.9. The molecule has 0 saturated carbocycles. The highest BCUT2D eigenvalue weighted by Gasteiger charge is 2.39. The summed E-state index contributed by atoms with van der Waals surface area (Å²) in [4.78, 5) is 25.4. The average molecular weight is 288 g/mol. The third-order valence-electron chi connectivity index (χ3n) is 3.11. The minimum absolute atomic E-state index is 0.0207. The third kappa shape index (κ3) is 4.43. The van der Waals surface area contributed by atoms with Gasteiger partial charge in [-0.3, -0.25) is 9.69 Å². The van der Waals surface area contributed by atoms with E-state index in [1.165, 1.54) is 14.0 Å². The predicted molar refractivity (Wildman–Crippen MR) is 72.1 cm³/mol. The van der Waals surface area contributed by atoms with Gasteiger partial charge in [0.1, 0.15) is 6.04 Å². The fraction of sp³-hybridized carbons (Fsp3) is 0.846. The normalized spacial score (nSPS) is 23.2. The lowest BCUT2D eigenvalue weighted by Crippen LogP contribution is -2.59. The Kier molecular flexibility index (Phi) is 5.91. The molecule has 0 aliphatic carbocycles. The maximum Gasteiger partial charge on any atom is 0.338 e. The molecule has 0 spiro atoms. The molecule has 7 nitrogen and oxygen atoms in total. The Balaban J connectivity index is 2.74. The van der Waals surface area contributed by atoms with Gasteiger partial charge in [0.2, 0.25) is 5.91 Å². The van der Waals surface area contributed by atoms with E-state index in [0.717, 1.165) is 0 Å². The average Bonchev–Trinajstić information content (AvgIpc) is 2.36. The number of esters is 1. The van der Waals surface area contributed by atoms with Crippen LogP contribution in [-0.4, -0.2) is 73.0 Å². The van der Waals surface area contributed by atoms with Crippen molar-refractivity contribution in [3.05, 3.63) is 0 Å². The lowest BCUT2D eigenvalue weighted by molar-refractivity contribution is -0.165. The van der Waals surface area contributed by atoms with Crippen molar-refractivity contribution >= 4 is 11.9 Å². The Hall–Kier alpha value is -1.18. The van der Waals surface area contributed by atoms with Crippen LogP contribution in [0, 0.1) is 0 Å². The molecule has 1 aliphatic heterocycles. The van der Waals surface area contributed by atoms with Crippen LogP contribution in [0.1, 0.15) is 20.8 Å². The Morgan fingerprint density at radius 2 is 2.20 bits per heavy atom. The van der Waals surface area contributed by atoms with E-state index in [1.807, 2.05) is 13.8 Å². The molecule has 2 unspecified atom stereocenters. The van der Waals surface area contributed by atoms with E-state index in [9.17, 15) is 14.7 Å². The van der Waals surface area contributed by atoms with Crippen LogP contribution in [0.25, 0.3) is 0 Å². The lowest BCUT2D eigenvalue weighted by Gasteiger charge is -2.38. The maximum atomic E-state index is 12.1. The molecular formula is C13H24N2O5. The first kappa shape index (κ1) is 16.9. The van der Waals surface area contributed by atoms with Crippen LogP contribution in [0.3, 0.4) is 0 Å². The number of rotatable bonds is 5. The van der Waals surface area contributed by atoms with Gasteiger partial charge < -0.3 is 19.9 Å². The molecule has 2 atom stereocenters. The molecule has 1 saturated heterocycles. The van der Waals surface area contributed by atoms with Gasteiger partial charge in [-0.15, -0.1) is 0 Å². The van der Waals surface area contributed by atoms with E-state index in [0.29, 0.717) is 13.2 Å². The molecular weight excluding hydrogens is 264 g/mol. The van der Waals surface area contributed by atoms with Crippen LogP contribution < -0.4 is 5.32 Å². The summed E-state index contributed by atoms with van der Waals surface area (Å²) in [5.74, 6) is -0.882. The van der Waals surface area contributed by atoms with E-state index < -0.39 is 17.6 Å². The molecule has 1 fully saturated rings. The number of methoxy groups -OCH3 is 1. The number of nitrogens with one attached hydrogen (secondary N) is 1. The number of nitrogens with zero attached hydrogens (tertiary/aromatic N) is 1. The van der Waals surface area contributed by atoms with E-state index in [1.54, 1.807) is 4.90 Å². The Morgan fingerprint density at radius 1 is 1.55 bits per heavy atom. The molecule has 0 aromatic heterocycles. The molecule has 1 aliphatic rings. The van der Waals surface area contributed by atoms with Gasteiger partial charge >= 0.3 is 5.97 Å². The Morgan fingerprint density at radius 3 is 2.75 bits per heavy atom. The van der Waals surface area contributed by atoms with Gasteiger partial charge in [-0.1, -0.05) is 0 Å². The van der Waals surface area contributed by atoms with Gasteiger partial charge in [0.15, 0.2) is 5.60 Å². The fourth-order valence-electron chi connectivity index (χ4n) is 2.13. The van der Waals surface area contributed by atoms with Crippen molar-refractivity contribution in [3.8, 4) is 0 Å². The van der Waals surface area contributed by atoms with Crippen LogP contribution in [-0.2, 0) is 19.1 Å². The molecule has 1 amide bonds. The van der Waals surface area contributed by atoms with Gasteiger partial charge in [0.25, 0.3) is 0 Å². The lowest BCUT2D eigenvalue weighted by atomic mass is 10.0. The number of carbonyl (C=O) groups is 2. The van der Waals surface area contributed by atoms with Crippen molar-refractivity contribution in [1.82, 2.24) is 10.2 Å². The SMILES string of the molecule is COC(=O)C(C)(O)CN1CCOCC1C(=O)NC(C)C. The van der Waals surface area contributed by atoms with Gasteiger partial charge in [0, 0.05) is 19.1 Å². The van der Waals surface area contributed by atoms with Crippen molar-refractivity contribution in [2.75, 3.05) is 33.4 Å². The highest BCUT2D eigenvalue weighted by atomic mass is 16.5. The second-order valence-electron chi connectivity index (χ2n) is 5.49. The number of aliphatic hydroxyl groups is 1. The summed E-state index contributed by atoms with van der Waals surface area (Å²) in [5.41, 5.74) is -1.65. The van der Waals surface area contributed by atoms with E-state index in [-0.39, 0.29) is 25.1 Å². The van der Waals surface area contributed by atoms with Crippen molar-refractivity contribution in [3.63, 3.8) is 0 Å². The number of hydrogen-bond acceptors (Lipinski definition) is 6. The van der Waals surface area contributed by atoms with E-state index in [4.69, 9.17) is 4.74 Å². The van der Waals surface area contributed by atoms with Crippen LogP contribution >= 0.6 is 0 Å². The molecule has 1 rings (SSSR count). The highest BCUT2D eigenvalue weighted by Crippen LogP contribution is 2.14. The smallest absolute Gasteiger partial charge is 0.338 e. The van der Waals surface area contributed by atoms with Crippen LogP contribution in [0.4, 0.5) is 0 Å². The summed E-state index contributed by atoms with van der Waals surface area (Å²) in [6, 6.07) is -0.491. The number of amides is 1. The molecule has 0 aromatic rings. The second-order valence-corrected chi connectivity index (χ2v) is 5.49. The number of hydrogen-bond donors (Lipinski definition) is 2. The number of ether oxygens (including phenoxy) is 2.